The second kappa shape index (κ2) is 4.51. The first-order chi connectivity index (χ1) is 9.15. The van der Waals surface area contributed by atoms with Crippen LogP contribution >= 0.6 is 11.3 Å². The summed E-state index contributed by atoms with van der Waals surface area (Å²) in [6.45, 7) is 1.66. The molecule has 4 nitrogen and oxygen atoms in total. The van der Waals surface area contributed by atoms with Crippen molar-refractivity contribution in [1.29, 1.82) is 0 Å². The van der Waals surface area contributed by atoms with E-state index in [1.54, 1.807) is 36.5 Å². The van der Waals surface area contributed by atoms with Gasteiger partial charge in [0.2, 0.25) is 5.89 Å². The molecule has 19 heavy (non-hydrogen) atoms. The van der Waals surface area contributed by atoms with Crippen molar-refractivity contribution in [2.45, 2.75) is 12.8 Å². The standard InChI is InChI=1S/C14H11NO3S/c1-8(14(16)17)9-4-5-11-10(7-9)15-13(18-11)12-3-2-6-19-12/h2-8H,1H3,(H,16,17)/t8-/m1/s1. The molecular weight excluding hydrogens is 262 g/mol. The lowest BCUT2D eigenvalue weighted by Crippen LogP contribution is -2.06. The predicted octanol–water partition coefficient (Wildman–Crippen LogP) is 3.74. The van der Waals surface area contributed by atoms with Gasteiger partial charge in [-0.1, -0.05) is 12.1 Å². The van der Waals surface area contributed by atoms with Crippen molar-refractivity contribution in [2.75, 3.05) is 0 Å². The summed E-state index contributed by atoms with van der Waals surface area (Å²) in [5.74, 6) is -0.822. The van der Waals surface area contributed by atoms with Crippen LogP contribution in [-0.2, 0) is 4.79 Å². The van der Waals surface area contributed by atoms with Crippen molar-refractivity contribution in [3.05, 3.63) is 41.3 Å². The van der Waals surface area contributed by atoms with Gasteiger partial charge in [-0.25, -0.2) is 4.98 Å². The van der Waals surface area contributed by atoms with Gasteiger partial charge >= 0.3 is 5.97 Å². The number of aliphatic carboxylic acids is 1. The summed E-state index contributed by atoms with van der Waals surface area (Å²) >= 11 is 1.56. The second-order valence-corrected chi connectivity index (χ2v) is 5.23. The molecule has 1 N–H and O–H groups in total. The molecule has 1 aromatic carbocycles. The van der Waals surface area contributed by atoms with Crippen LogP contribution < -0.4 is 0 Å². The van der Waals surface area contributed by atoms with Gasteiger partial charge in [-0.2, -0.15) is 0 Å². The summed E-state index contributed by atoms with van der Waals surface area (Å²) in [4.78, 5) is 16.4. The highest BCUT2D eigenvalue weighted by Crippen LogP contribution is 2.29. The molecular formula is C14H11NO3S. The molecule has 0 unspecified atom stereocenters. The zero-order valence-corrected chi connectivity index (χ0v) is 11.0. The molecule has 5 heteroatoms. The topological polar surface area (TPSA) is 63.3 Å². The molecule has 0 saturated carbocycles. The van der Waals surface area contributed by atoms with Crippen LogP contribution in [0, 0.1) is 0 Å². The van der Waals surface area contributed by atoms with Crippen molar-refractivity contribution in [2.24, 2.45) is 0 Å². The number of hydrogen-bond acceptors (Lipinski definition) is 4. The highest BCUT2D eigenvalue weighted by molar-refractivity contribution is 7.13. The molecule has 0 aliphatic carbocycles. The zero-order valence-electron chi connectivity index (χ0n) is 10.2. The summed E-state index contributed by atoms with van der Waals surface area (Å²) in [6.07, 6.45) is 0. The molecule has 2 aromatic heterocycles. The fourth-order valence-corrected chi connectivity index (χ4v) is 2.51. The first-order valence-corrected chi connectivity index (χ1v) is 6.70. The molecule has 0 radical (unpaired) electrons. The van der Waals surface area contributed by atoms with Crippen molar-refractivity contribution in [3.63, 3.8) is 0 Å². The number of carboxylic acids is 1. The highest BCUT2D eigenvalue weighted by Gasteiger charge is 2.16. The molecule has 0 spiro atoms. The Labute approximate surface area is 113 Å². The predicted molar refractivity (Wildman–Crippen MR) is 73.4 cm³/mol. The fourth-order valence-electron chi connectivity index (χ4n) is 1.86. The van der Waals surface area contributed by atoms with Gasteiger partial charge in [0.05, 0.1) is 10.8 Å². The summed E-state index contributed by atoms with van der Waals surface area (Å²) < 4.78 is 5.66. The van der Waals surface area contributed by atoms with E-state index >= 15 is 0 Å². The van der Waals surface area contributed by atoms with E-state index in [1.165, 1.54) is 0 Å². The molecule has 0 fully saturated rings. The van der Waals surface area contributed by atoms with Crippen LogP contribution in [0.3, 0.4) is 0 Å². The van der Waals surface area contributed by atoms with Crippen LogP contribution in [0.2, 0.25) is 0 Å². The maximum Gasteiger partial charge on any atom is 0.310 e. The number of thiophene rings is 1. The van der Waals surface area contributed by atoms with Crippen LogP contribution in [0.5, 0.6) is 0 Å². The Morgan fingerprint density at radius 1 is 1.42 bits per heavy atom. The van der Waals surface area contributed by atoms with Gasteiger partial charge in [-0.3, -0.25) is 4.79 Å². The van der Waals surface area contributed by atoms with Crippen LogP contribution in [0.1, 0.15) is 18.4 Å². The summed E-state index contributed by atoms with van der Waals surface area (Å²) in [5.41, 5.74) is 2.09. The molecule has 1 atom stereocenters. The summed E-state index contributed by atoms with van der Waals surface area (Å²) in [6, 6.07) is 9.19. The number of benzene rings is 1. The SMILES string of the molecule is C[C@@H](C(=O)O)c1ccc2oc(-c3cccs3)nc2c1. The first-order valence-electron chi connectivity index (χ1n) is 5.82. The number of nitrogens with zero attached hydrogens (tertiary/aromatic N) is 1. The number of fused-ring (bicyclic) bond motifs is 1. The third-order valence-corrected chi connectivity index (χ3v) is 3.87. The van der Waals surface area contributed by atoms with Crippen molar-refractivity contribution >= 4 is 28.4 Å². The van der Waals surface area contributed by atoms with Gasteiger partial charge < -0.3 is 9.52 Å². The Kier molecular flexibility index (Phi) is 2.83. The van der Waals surface area contributed by atoms with E-state index in [0.29, 0.717) is 17.0 Å². The molecule has 0 aliphatic heterocycles. The number of carboxylic acid groups (broad SMARTS) is 1. The Hall–Kier alpha value is -2.14. The lowest BCUT2D eigenvalue weighted by Gasteiger charge is -2.04. The van der Waals surface area contributed by atoms with E-state index in [9.17, 15) is 4.79 Å². The minimum Gasteiger partial charge on any atom is -0.481 e. The first kappa shape index (κ1) is 11.9. The monoisotopic (exact) mass is 273 g/mol. The summed E-state index contributed by atoms with van der Waals surface area (Å²) in [7, 11) is 0. The van der Waals surface area contributed by atoms with Gasteiger partial charge in [0.1, 0.15) is 5.52 Å². The van der Waals surface area contributed by atoms with Crippen LogP contribution in [0.4, 0.5) is 0 Å². The maximum absolute atomic E-state index is 11.0. The quantitative estimate of drug-likeness (QED) is 0.789. The van der Waals surface area contributed by atoms with Crippen molar-refractivity contribution < 1.29 is 14.3 Å². The molecule has 3 aromatic rings. The lowest BCUT2D eigenvalue weighted by molar-refractivity contribution is -0.138. The van der Waals surface area contributed by atoms with E-state index < -0.39 is 11.9 Å². The number of oxazole rings is 1. The molecule has 0 bridgehead atoms. The van der Waals surface area contributed by atoms with Gasteiger partial charge in [0, 0.05) is 0 Å². The Morgan fingerprint density at radius 3 is 2.95 bits per heavy atom. The van der Waals surface area contributed by atoms with Crippen LogP contribution in [0.15, 0.2) is 40.1 Å². The highest BCUT2D eigenvalue weighted by atomic mass is 32.1. The van der Waals surface area contributed by atoms with Crippen molar-refractivity contribution in [1.82, 2.24) is 4.98 Å². The number of carbonyl (C=O) groups is 1. The van der Waals surface area contributed by atoms with Gasteiger partial charge in [-0.05, 0) is 36.1 Å². The zero-order chi connectivity index (χ0) is 13.4. The number of aromatic nitrogens is 1. The van der Waals surface area contributed by atoms with E-state index in [2.05, 4.69) is 4.98 Å². The van der Waals surface area contributed by atoms with E-state index in [0.717, 1.165) is 10.4 Å². The molecule has 2 heterocycles. The van der Waals surface area contributed by atoms with Gasteiger partial charge in [-0.15, -0.1) is 11.3 Å². The molecule has 96 valence electrons. The minimum absolute atomic E-state index is 0.550. The van der Waals surface area contributed by atoms with E-state index in [-0.39, 0.29) is 0 Å². The molecule has 0 amide bonds. The number of hydrogen-bond donors (Lipinski definition) is 1. The van der Waals surface area contributed by atoms with Crippen molar-refractivity contribution in [3.8, 4) is 10.8 Å². The average Bonchev–Trinajstić information content (AvgIpc) is 3.05. The minimum atomic E-state index is -0.846. The smallest absolute Gasteiger partial charge is 0.310 e. The molecule has 0 aliphatic rings. The number of rotatable bonds is 3. The van der Waals surface area contributed by atoms with Gasteiger partial charge in [0.15, 0.2) is 5.58 Å². The third-order valence-electron chi connectivity index (χ3n) is 3.01. The molecule has 0 saturated heterocycles. The summed E-state index contributed by atoms with van der Waals surface area (Å²) in [5, 5.41) is 11.0. The van der Waals surface area contributed by atoms with Crippen LogP contribution in [0.25, 0.3) is 21.9 Å². The normalized spacial score (nSPS) is 12.7. The average molecular weight is 273 g/mol. The maximum atomic E-state index is 11.0. The Balaban J connectivity index is 2.07. The lowest BCUT2D eigenvalue weighted by atomic mass is 10.0. The third kappa shape index (κ3) is 2.13. The molecule has 3 rings (SSSR count). The van der Waals surface area contributed by atoms with Crippen LogP contribution in [-0.4, -0.2) is 16.1 Å². The fraction of sp³-hybridized carbons (Fsp3) is 0.143. The van der Waals surface area contributed by atoms with E-state index in [1.807, 2.05) is 17.5 Å². The van der Waals surface area contributed by atoms with Gasteiger partial charge in [0.25, 0.3) is 0 Å². The second-order valence-electron chi connectivity index (χ2n) is 4.28. The largest absolute Gasteiger partial charge is 0.481 e. The van der Waals surface area contributed by atoms with E-state index in [4.69, 9.17) is 9.52 Å². The Bertz CT molecular complexity index is 730. The Morgan fingerprint density at radius 2 is 2.26 bits per heavy atom.